The number of rotatable bonds is 1. The van der Waals surface area contributed by atoms with Gasteiger partial charge in [-0.25, -0.2) is 4.79 Å². The van der Waals surface area contributed by atoms with Crippen molar-refractivity contribution in [2.45, 2.75) is 38.4 Å². The minimum atomic E-state index is -0.321. The van der Waals surface area contributed by atoms with Crippen LogP contribution in [-0.2, 0) is 4.79 Å². The molecule has 2 saturated heterocycles. The van der Waals surface area contributed by atoms with Gasteiger partial charge < -0.3 is 0 Å². The van der Waals surface area contributed by atoms with Crippen LogP contribution in [0.4, 0.5) is 4.79 Å². The SMILES string of the molecule is CC1C(=O)N(C)C(=O)N1C1CCCCN1. The molecule has 0 saturated carbocycles. The molecule has 2 aliphatic rings. The van der Waals surface area contributed by atoms with Crippen molar-refractivity contribution >= 4 is 11.9 Å². The van der Waals surface area contributed by atoms with Crippen molar-refractivity contribution in [2.75, 3.05) is 13.6 Å². The quantitative estimate of drug-likeness (QED) is 0.637. The molecule has 1 N–H and O–H groups in total. The predicted octanol–water partition coefficient (Wildman–Crippen LogP) is 0.368. The number of likely N-dealkylation sites (N-methyl/N-ethyl adjacent to an activating group) is 1. The van der Waals surface area contributed by atoms with Crippen molar-refractivity contribution in [2.24, 2.45) is 0 Å². The Hall–Kier alpha value is -1.10. The molecule has 84 valence electrons. The number of nitrogens with one attached hydrogen (secondary N) is 1. The fraction of sp³-hybridized carbons (Fsp3) is 0.800. The molecule has 0 aromatic heterocycles. The molecule has 0 aromatic rings. The Labute approximate surface area is 89.4 Å². The van der Waals surface area contributed by atoms with Crippen molar-refractivity contribution in [1.82, 2.24) is 15.1 Å². The second-order valence-electron chi connectivity index (χ2n) is 4.23. The highest BCUT2D eigenvalue weighted by Crippen LogP contribution is 2.22. The smallest absolute Gasteiger partial charge is 0.297 e. The van der Waals surface area contributed by atoms with Crippen LogP contribution in [0.25, 0.3) is 0 Å². The lowest BCUT2D eigenvalue weighted by molar-refractivity contribution is -0.127. The molecule has 0 aliphatic carbocycles. The van der Waals surface area contributed by atoms with E-state index in [1.54, 1.807) is 18.9 Å². The summed E-state index contributed by atoms with van der Waals surface area (Å²) in [6.07, 6.45) is 3.25. The predicted molar refractivity (Wildman–Crippen MR) is 55.1 cm³/mol. The molecule has 0 radical (unpaired) electrons. The summed E-state index contributed by atoms with van der Waals surface area (Å²) in [5, 5.41) is 3.29. The van der Waals surface area contributed by atoms with E-state index in [0.29, 0.717) is 0 Å². The van der Waals surface area contributed by atoms with E-state index >= 15 is 0 Å². The molecule has 2 heterocycles. The average Bonchev–Trinajstić information content (AvgIpc) is 2.45. The second-order valence-corrected chi connectivity index (χ2v) is 4.23. The summed E-state index contributed by atoms with van der Waals surface area (Å²) < 4.78 is 0. The number of nitrogens with zero attached hydrogens (tertiary/aromatic N) is 2. The van der Waals surface area contributed by atoms with E-state index in [9.17, 15) is 9.59 Å². The van der Waals surface area contributed by atoms with Crippen LogP contribution in [-0.4, -0.2) is 47.5 Å². The van der Waals surface area contributed by atoms with Crippen molar-refractivity contribution in [3.8, 4) is 0 Å². The number of carbonyl (C=O) groups is 2. The van der Waals surface area contributed by atoms with Gasteiger partial charge in [0.15, 0.2) is 0 Å². The first-order chi connectivity index (χ1) is 7.13. The second kappa shape index (κ2) is 3.81. The van der Waals surface area contributed by atoms with E-state index < -0.39 is 0 Å². The third kappa shape index (κ3) is 1.61. The van der Waals surface area contributed by atoms with E-state index in [1.165, 1.54) is 4.90 Å². The Morgan fingerprint density at radius 1 is 1.33 bits per heavy atom. The topological polar surface area (TPSA) is 52.7 Å². The van der Waals surface area contributed by atoms with Crippen molar-refractivity contribution in [3.05, 3.63) is 0 Å². The van der Waals surface area contributed by atoms with Crippen molar-refractivity contribution < 1.29 is 9.59 Å². The molecule has 2 atom stereocenters. The summed E-state index contributed by atoms with van der Waals surface area (Å²) in [6, 6.07) is -0.495. The van der Waals surface area contributed by atoms with E-state index in [1.807, 2.05) is 0 Å². The van der Waals surface area contributed by atoms with Gasteiger partial charge in [0.1, 0.15) is 6.04 Å². The van der Waals surface area contributed by atoms with E-state index in [2.05, 4.69) is 5.32 Å². The molecule has 5 nitrogen and oxygen atoms in total. The molecular formula is C10H17N3O2. The molecule has 0 aromatic carbocycles. The lowest BCUT2D eigenvalue weighted by Crippen LogP contribution is -2.52. The summed E-state index contributed by atoms with van der Waals surface area (Å²) in [7, 11) is 1.55. The maximum atomic E-state index is 11.8. The lowest BCUT2D eigenvalue weighted by Gasteiger charge is -2.33. The maximum Gasteiger partial charge on any atom is 0.328 e. The van der Waals surface area contributed by atoms with E-state index in [4.69, 9.17) is 0 Å². The molecule has 3 amide bonds. The van der Waals surface area contributed by atoms with Crippen molar-refractivity contribution in [3.63, 3.8) is 0 Å². The van der Waals surface area contributed by atoms with Crippen LogP contribution in [0.1, 0.15) is 26.2 Å². The number of piperidine rings is 1. The first kappa shape index (κ1) is 10.4. The number of hydrogen-bond donors (Lipinski definition) is 1. The highest BCUT2D eigenvalue weighted by molar-refractivity contribution is 6.03. The van der Waals surface area contributed by atoms with Gasteiger partial charge in [-0.1, -0.05) is 0 Å². The Morgan fingerprint density at radius 3 is 2.53 bits per heavy atom. The molecule has 0 bridgehead atoms. The molecule has 5 heteroatoms. The Bertz CT molecular complexity index is 286. The molecule has 2 unspecified atom stereocenters. The number of imide groups is 1. The average molecular weight is 211 g/mol. The van der Waals surface area contributed by atoms with Gasteiger partial charge in [-0.15, -0.1) is 0 Å². The third-order valence-electron chi connectivity index (χ3n) is 3.23. The minimum Gasteiger partial charge on any atom is -0.297 e. The molecule has 2 rings (SSSR count). The third-order valence-corrected chi connectivity index (χ3v) is 3.23. The van der Waals surface area contributed by atoms with Gasteiger partial charge in [-0.05, 0) is 32.7 Å². The molecular weight excluding hydrogens is 194 g/mol. The minimum absolute atomic E-state index is 0.0372. The lowest BCUT2D eigenvalue weighted by atomic mass is 10.1. The highest BCUT2D eigenvalue weighted by atomic mass is 16.2. The van der Waals surface area contributed by atoms with Crippen LogP contribution in [0.2, 0.25) is 0 Å². The summed E-state index contributed by atoms with van der Waals surface area (Å²) in [4.78, 5) is 26.3. The summed E-state index contributed by atoms with van der Waals surface area (Å²) in [5.41, 5.74) is 0. The Morgan fingerprint density at radius 2 is 2.07 bits per heavy atom. The summed E-state index contributed by atoms with van der Waals surface area (Å²) in [6.45, 7) is 2.72. The van der Waals surface area contributed by atoms with Crippen LogP contribution < -0.4 is 5.32 Å². The zero-order valence-electron chi connectivity index (χ0n) is 9.19. The van der Waals surface area contributed by atoms with Crippen LogP contribution in [0.15, 0.2) is 0 Å². The summed E-state index contributed by atoms with van der Waals surface area (Å²) >= 11 is 0. The van der Waals surface area contributed by atoms with Crippen molar-refractivity contribution in [1.29, 1.82) is 0 Å². The molecule has 15 heavy (non-hydrogen) atoms. The van der Waals surface area contributed by atoms with Gasteiger partial charge >= 0.3 is 6.03 Å². The number of amides is 3. The van der Waals surface area contributed by atoms with Crippen LogP contribution in [0.5, 0.6) is 0 Å². The van der Waals surface area contributed by atoms with Gasteiger partial charge in [-0.2, -0.15) is 0 Å². The van der Waals surface area contributed by atoms with Crippen LogP contribution in [0, 0.1) is 0 Å². The molecule has 0 spiro atoms. The normalized spacial score (nSPS) is 32.7. The zero-order valence-corrected chi connectivity index (χ0v) is 9.19. The van der Waals surface area contributed by atoms with Gasteiger partial charge in [0.25, 0.3) is 5.91 Å². The van der Waals surface area contributed by atoms with E-state index in [0.717, 1.165) is 25.8 Å². The zero-order chi connectivity index (χ0) is 11.0. The molecule has 2 fully saturated rings. The highest BCUT2D eigenvalue weighted by Gasteiger charge is 2.43. The van der Waals surface area contributed by atoms with E-state index in [-0.39, 0.29) is 24.1 Å². The van der Waals surface area contributed by atoms with Gasteiger partial charge in [0.2, 0.25) is 0 Å². The number of urea groups is 1. The first-order valence-corrected chi connectivity index (χ1v) is 5.46. The summed E-state index contributed by atoms with van der Waals surface area (Å²) in [5.74, 6) is -0.104. The van der Waals surface area contributed by atoms with Crippen LogP contribution >= 0.6 is 0 Å². The monoisotopic (exact) mass is 211 g/mol. The van der Waals surface area contributed by atoms with Gasteiger partial charge in [-0.3, -0.25) is 19.9 Å². The Kier molecular flexibility index (Phi) is 2.65. The number of carbonyl (C=O) groups excluding carboxylic acids is 2. The van der Waals surface area contributed by atoms with Crippen LogP contribution in [0.3, 0.4) is 0 Å². The Balaban J connectivity index is 2.14. The fourth-order valence-corrected chi connectivity index (χ4v) is 2.31. The standard InChI is InChI=1S/C10H17N3O2/c1-7-9(14)12(2)10(15)13(7)8-5-3-4-6-11-8/h7-8,11H,3-6H2,1-2H3. The molecule has 2 aliphatic heterocycles. The fourth-order valence-electron chi connectivity index (χ4n) is 2.31. The maximum absolute atomic E-state index is 11.8. The number of hydrogen-bond acceptors (Lipinski definition) is 3. The largest absolute Gasteiger partial charge is 0.328 e. The van der Waals surface area contributed by atoms with Gasteiger partial charge in [0.05, 0.1) is 6.17 Å². The first-order valence-electron chi connectivity index (χ1n) is 5.46. The van der Waals surface area contributed by atoms with Gasteiger partial charge in [0, 0.05) is 7.05 Å².